The minimum atomic E-state index is -0.189. The normalized spacial score (nSPS) is 10.6. The van der Waals surface area contributed by atoms with Gasteiger partial charge in [0.1, 0.15) is 0 Å². The fourth-order valence-corrected chi connectivity index (χ4v) is 4.08. The molecule has 0 fully saturated rings. The summed E-state index contributed by atoms with van der Waals surface area (Å²) in [6.07, 6.45) is 1.55. The van der Waals surface area contributed by atoms with E-state index in [2.05, 4.69) is 10.6 Å². The van der Waals surface area contributed by atoms with E-state index >= 15 is 0 Å². The van der Waals surface area contributed by atoms with Crippen LogP contribution in [0.3, 0.4) is 0 Å². The number of carbonyl (C=O) groups excluding carboxylic acids is 4. The number of unbranched alkanes of at least 4 members (excludes halogenated alkanes) is 1. The van der Waals surface area contributed by atoms with E-state index in [1.54, 1.807) is 72.8 Å². The highest BCUT2D eigenvalue weighted by Crippen LogP contribution is 2.13. The number of carbonyl (C=O) groups is 4. The lowest BCUT2D eigenvalue weighted by Crippen LogP contribution is -2.27. The molecule has 196 valence electrons. The van der Waals surface area contributed by atoms with Crippen molar-refractivity contribution in [1.29, 1.82) is 0 Å². The van der Waals surface area contributed by atoms with Crippen LogP contribution in [0.2, 0.25) is 0 Å². The van der Waals surface area contributed by atoms with Gasteiger partial charge in [-0.1, -0.05) is 97.1 Å². The third-order valence-corrected chi connectivity index (χ3v) is 6.30. The average Bonchev–Trinajstić information content (AvgIpc) is 3.00. The third-order valence-electron chi connectivity index (χ3n) is 6.30. The van der Waals surface area contributed by atoms with Crippen LogP contribution in [0.5, 0.6) is 0 Å². The summed E-state index contributed by atoms with van der Waals surface area (Å²) in [5.74, 6) is -0.388. The van der Waals surface area contributed by atoms with Crippen molar-refractivity contribution in [3.63, 3.8) is 0 Å². The molecule has 0 heterocycles. The molecule has 4 rings (SSSR count). The maximum Gasteiger partial charge on any atom is 0.251 e. The van der Waals surface area contributed by atoms with Crippen molar-refractivity contribution >= 4 is 23.3 Å². The van der Waals surface area contributed by atoms with Gasteiger partial charge in [0, 0.05) is 39.9 Å². The van der Waals surface area contributed by atoms with E-state index < -0.39 is 0 Å². The number of Topliss-reactive ketones (excluding diaryl/α,β-unsaturated/α-hetero) is 1. The first-order chi connectivity index (χ1) is 19.0. The smallest absolute Gasteiger partial charge is 0.251 e. The molecular formula is C33H30N2O4. The Morgan fingerprint density at radius 3 is 1.38 bits per heavy atom. The molecule has 0 aliphatic rings. The quantitative estimate of drug-likeness (QED) is 0.189. The first kappa shape index (κ1) is 27.4. The Labute approximate surface area is 228 Å². The van der Waals surface area contributed by atoms with Gasteiger partial charge in [-0.15, -0.1) is 0 Å². The second-order valence-electron chi connectivity index (χ2n) is 9.11. The van der Waals surface area contributed by atoms with Gasteiger partial charge >= 0.3 is 0 Å². The number of hydrogen-bond acceptors (Lipinski definition) is 5. The lowest BCUT2D eigenvalue weighted by Gasteiger charge is -2.08. The maximum atomic E-state index is 12.5. The summed E-state index contributed by atoms with van der Waals surface area (Å²) in [6, 6.07) is 31.4. The molecule has 0 spiro atoms. The van der Waals surface area contributed by atoms with Crippen LogP contribution in [-0.2, 0) is 0 Å². The SMILES string of the molecule is O=C(CNCCCCNC(=O)c1ccc(C(=O)c2ccccc2)cc1)c1ccc(C(=O)c2ccccc2)cc1. The monoisotopic (exact) mass is 518 g/mol. The zero-order valence-electron chi connectivity index (χ0n) is 21.6. The molecule has 1 amide bonds. The van der Waals surface area contributed by atoms with Crippen LogP contribution in [0.1, 0.15) is 65.4 Å². The number of rotatable bonds is 13. The predicted molar refractivity (Wildman–Crippen MR) is 151 cm³/mol. The van der Waals surface area contributed by atoms with E-state index in [0.717, 1.165) is 12.8 Å². The van der Waals surface area contributed by atoms with E-state index in [4.69, 9.17) is 0 Å². The predicted octanol–water partition coefficient (Wildman–Crippen LogP) is 5.13. The number of hydrogen-bond donors (Lipinski definition) is 2. The number of amides is 1. The molecule has 0 aliphatic heterocycles. The molecule has 0 bridgehead atoms. The topological polar surface area (TPSA) is 92.3 Å². The standard InChI is InChI=1S/C33H30N2O4/c36-30(24-13-15-27(16-14-24)31(37)25-9-3-1-4-10-25)23-34-21-7-8-22-35-33(39)29-19-17-28(18-20-29)32(38)26-11-5-2-6-12-26/h1-6,9-20,34H,7-8,21-23H2,(H,35,39). The van der Waals surface area contributed by atoms with Crippen LogP contribution in [-0.4, -0.2) is 42.9 Å². The van der Waals surface area contributed by atoms with Gasteiger partial charge in [0.2, 0.25) is 0 Å². The third kappa shape index (κ3) is 7.66. The number of benzene rings is 4. The van der Waals surface area contributed by atoms with Gasteiger partial charge in [-0.25, -0.2) is 0 Å². The van der Waals surface area contributed by atoms with Crippen molar-refractivity contribution in [3.8, 4) is 0 Å². The first-order valence-electron chi connectivity index (χ1n) is 12.9. The molecule has 0 unspecified atom stereocenters. The minimum absolute atomic E-state index is 0.0452. The Morgan fingerprint density at radius 1 is 0.462 bits per heavy atom. The van der Waals surface area contributed by atoms with E-state index in [1.807, 2.05) is 36.4 Å². The zero-order chi connectivity index (χ0) is 27.5. The summed E-state index contributed by atoms with van der Waals surface area (Å²) in [6.45, 7) is 1.35. The molecule has 0 aliphatic carbocycles. The summed E-state index contributed by atoms with van der Waals surface area (Å²) in [7, 11) is 0. The maximum absolute atomic E-state index is 12.5. The summed E-state index contributed by atoms with van der Waals surface area (Å²) in [4.78, 5) is 49.8. The Balaban J connectivity index is 1.12. The highest BCUT2D eigenvalue weighted by Gasteiger charge is 2.12. The van der Waals surface area contributed by atoms with Crippen molar-refractivity contribution in [1.82, 2.24) is 10.6 Å². The zero-order valence-corrected chi connectivity index (χ0v) is 21.6. The molecule has 6 nitrogen and oxygen atoms in total. The molecule has 6 heteroatoms. The molecule has 0 saturated carbocycles. The molecule has 0 saturated heterocycles. The number of nitrogens with one attached hydrogen (secondary N) is 2. The van der Waals surface area contributed by atoms with Crippen molar-refractivity contribution < 1.29 is 19.2 Å². The van der Waals surface area contributed by atoms with Crippen molar-refractivity contribution in [2.24, 2.45) is 0 Å². The fourth-order valence-electron chi connectivity index (χ4n) is 4.08. The van der Waals surface area contributed by atoms with Crippen LogP contribution >= 0.6 is 0 Å². The lowest BCUT2D eigenvalue weighted by atomic mass is 10.0. The molecule has 4 aromatic carbocycles. The van der Waals surface area contributed by atoms with Crippen molar-refractivity contribution in [2.75, 3.05) is 19.6 Å². The second-order valence-corrected chi connectivity index (χ2v) is 9.11. The Morgan fingerprint density at radius 2 is 0.872 bits per heavy atom. The summed E-state index contributed by atoms with van der Waals surface area (Å²) in [5, 5.41) is 6.02. The highest BCUT2D eigenvalue weighted by atomic mass is 16.2. The molecule has 0 radical (unpaired) electrons. The van der Waals surface area contributed by atoms with Gasteiger partial charge in [-0.2, -0.15) is 0 Å². The number of ketones is 3. The van der Waals surface area contributed by atoms with Crippen LogP contribution in [0.4, 0.5) is 0 Å². The minimum Gasteiger partial charge on any atom is -0.352 e. The molecule has 4 aromatic rings. The van der Waals surface area contributed by atoms with Crippen LogP contribution < -0.4 is 10.6 Å². The largest absolute Gasteiger partial charge is 0.352 e. The molecule has 0 atom stereocenters. The average molecular weight is 519 g/mol. The Bertz CT molecular complexity index is 1300. The van der Waals surface area contributed by atoms with Gasteiger partial charge in [0.05, 0.1) is 6.54 Å². The van der Waals surface area contributed by atoms with Gasteiger partial charge in [0.25, 0.3) is 5.91 Å². The van der Waals surface area contributed by atoms with Gasteiger partial charge in [0.15, 0.2) is 17.3 Å². The van der Waals surface area contributed by atoms with Crippen LogP contribution in [0, 0.1) is 0 Å². The fraction of sp³-hybridized carbons (Fsp3) is 0.152. The second kappa shape index (κ2) is 13.7. The lowest BCUT2D eigenvalue weighted by molar-refractivity contribution is 0.0950. The Hall–Kier alpha value is -4.68. The molecule has 39 heavy (non-hydrogen) atoms. The summed E-state index contributed by atoms with van der Waals surface area (Å²) < 4.78 is 0. The summed E-state index contributed by atoms with van der Waals surface area (Å²) in [5.41, 5.74) is 3.36. The van der Waals surface area contributed by atoms with Crippen molar-refractivity contribution in [2.45, 2.75) is 12.8 Å². The van der Waals surface area contributed by atoms with E-state index in [1.165, 1.54) is 0 Å². The van der Waals surface area contributed by atoms with Gasteiger partial charge < -0.3 is 10.6 Å². The summed E-state index contributed by atoms with van der Waals surface area (Å²) >= 11 is 0. The van der Waals surface area contributed by atoms with Crippen LogP contribution in [0.15, 0.2) is 109 Å². The molecular weight excluding hydrogens is 488 g/mol. The highest BCUT2D eigenvalue weighted by molar-refractivity contribution is 6.10. The van der Waals surface area contributed by atoms with Crippen LogP contribution in [0.25, 0.3) is 0 Å². The Kier molecular flexibility index (Phi) is 9.64. The van der Waals surface area contributed by atoms with E-state index in [0.29, 0.717) is 46.5 Å². The van der Waals surface area contributed by atoms with Crippen molar-refractivity contribution in [3.05, 3.63) is 143 Å². The molecule has 0 aromatic heterocycles. The molecule has 2 N–H and O–H groups in total. The van der Waals surface area contributed by atoms with E-state index in [-0.39, 0.29) is 29.8 Å². The van der Waals surface area contributed by atoms with Gasteiger partial charge in [-0.05, 0) is 31.5 Å². The first-order valence-corrected chi connectivity index (χ1v) is 12.9. The van der Waals surface area contributed by atoms with E-state index in [9.17, 15) is 19.2 Å². The van der Waals surface area contributed by atoms with Gasteiger partial charge in [-0.3, -0.25) is 19.2 Å².